The van der Waals surface area contributed by atoms with Gasteiger partial charge in [-0.15, -0.1) is 0 Å². The number of alkyl halides is 1. The van der Waals surface area contributed by atoms with Crippen LogP contribution >= 0.6 is 15.9 Å². The molecule has 0 radical (unpaired) electrons. The number of hydrogen-bond acceptors (Lipinski definition) is 2. The van der Waals surface area contributed by atoms with E-state index in [1.807, 2.05) is 0 Å². The molecular formula is C8H10BrFN2. The number of rotatable bonds is 2. The summed E-state index contributed by atoms with van der Waals surface area (Å²) >= 11 is 3.26. The van der Waals surface area contributed by atoms with Gasteiger partial charge in [-0.2, -0.15) is 0 Å². The number of halogens is 2. The summed E-state index contributed by atoms with van der Waals surface area (Å²) in [6, 6.07) is 4.61. The van der Waals surface area contributed by atoms with E-state index in [9.17, 15) is 4.39 Å². The first-order valence-corrected chi connectivity index (χ1v) is 4.31. The van der Waals surface area contributed by atoms with Gasteiger partial charge in [0.25, 0.3) is 0 Å². The Balaban J connectivity index is 3.04. The van der Waals surface area contributed by atoms with Gasteiger partial charge in [0, 0.05) is 10.2 Å². The lowest BCUT2D eigenvalue weighted by Crippen LogP contribution is -2.14. The molecule has 4 N–H and O–H groups in total. The summed E-state index contributed by atoms with van der Waals surface area (Å²) in [6.45, 7) is -0.597. The third-order valence-electron chi connectivity index (χ3n) is 1.61. The van der Waals surface area contributed by atoms with Gasteiger partial charge < -0.3 is 11.5 Å². The predicted molar refractivity (Wildman–Crippen MR) is 51.5 cm³/mol. The molecule has 0 aromatic heterocycles. The first-order valence-electron chi connectivity index (χ1n) is 3.51. The summed E-state index contributed by atoms with van der Waals surface area (Å²) in [5, 5.41) is 0. The Labute approximate surface area is 78.9 Å². The van der Waals surface area contributed by atoms with Crippen molar-refractivity contribution in [3.05, 3.63) is 28.2 Å². The molecule has 0 heterocycles. The molecule has 0 aliphatic carbocycles. The fraction of sp³-hybridized carbons (Fsp3) is 0.250. The van der Waals surface area contributed by atoms with Gasteiger partial charge in [-0.05, 0) is 23.8 Å². The number of anilines is 1. The van der Waals surface area contributed by atoms with Crippen molar-refractivity contribution in [3.63, 3.8) is 0 Å². The van der Waals surface area contributed by atoms with Crippen LogP contribution in [0, 0.1) is 0 Å². The standard InChI is InChI=1S/C8H10BrFN2/c9-5-1-2-7(11)6(3-5)8(12)4-10/h1-3,8H,4,11-12H2. The molecule has 1 aromatic rings. The fourth-order valence-corrected chi connectivity index (χ4v) is 1.33. The van der Waals surface area contributed by atoms with Gasteiger partial charge in [-0.25, -0.2) is 4.39 Å². The quantitative estimate of drug-likeness (QED) is 0.767. The Morgan fingerprint density at radius 2 is 2.17 bits per heavy atom. The van der Waals surface area contributed by atoms with Crippen molar-refractivity contribution < 1.29 is 4.39 Å². The molecular weight excluding hydrogens is 223 g/mol. The van der Waals surface area contributed by atoms with Crippen molar-refractivity contribution in [2.24, 2.45) is 5.73 Å². The summed E-state index contributed by atoms with van der Waals surface area (Å²) in [5.41, 5.74) is 12.3. The molecule has 1 rings (SSSR count). The zero-order valence-electron chi connectivity index (χ0n) is 6.43. The van der Waals surface area contributed by atoms with E-state index in [4.69, 9.17) is 11.5 Å². The monoisotopic (exact) mass is 232 g/mol. The minimum atomic E-state index is -0.623. The Hall–Kier alpha value is -0.610. The average molecular weight is 233 g/mol. The molecule has 0 fully saturated rings. The van der Waals surface area contributed by atoms with Gasteiger partial charge in [-0.1, -0.05) is 15.9 Å². The molecule has 0 aliphatic rings. The van der Waals surface area contributed by atoms with Crippen molar-refractivity contribution in [3.8, 4) is 0 Å². The van der Waals surface area contributed by atoms with E-state index in [1.165, 1.54) is 0 Å². The summed E-state index contributed by atoms with van der Waals surface area (Å²) in [5.74, 6) is 0. The van der Waals surface area contributed by atoms with Crippen LogP contribution in [0.15, 0.2) is 22.7 Å². The van der Waals surface area contributed by atoms with Crippen LogP contribution in [0.1, 0.15) is 11.6 Å². The zero-order chi connectivity index (χ0) is 9.14. The molecule has 0 bridgehead atoms. The average Bonchev–Trinajstić information content (AvgIpc) is 2.08. The largest absolute Gasteiger partial charge is 0.398 e. The topological polar surface area (TPSA) is 52.0 Å². The molecule has 0 aliphatic heterocycles. The van der Waals surface area contributed by atoms with Crippen molar-refractivity contribution in [1.82, 2.24) is 0 Å². The number of nitrogens with two attached hydrogens (primary N) is 2. The van der Waals surface area contributed by atoms with Gasteiger partial charge in [0.2, 0.25) is 0 Å². The summed E-state index contributed by atoms with van der Waals surface area (Å²) < 4.78 is 13.0. The van der Waals surface area contributed by atoms with Crippen LogP contribution in [0.2, 0.25) is 0 Å². The summed E-state index contributed by atoms with van der Waals surface area (Å²) in [7, 11) is 0. The predicted octanol–water partition coefficient (Wildman–Crippen LogP) is 2.00. The van der Waals surface area contributed by atoms with Crippen LogP contribution in [-0.2, 0) is 0 Å². The zero-order valence-corrected chi connectivity index (χ0v) is 8.01. The number of benzene rings is 1. The van der Waals surface area contributed by atoms with Crippen LogP contribution in [-0.4, -0.2) is 6.67 Å². The van der Waals surface area contributed by atoms with Crippen molar-refractivity contribution in [2.45, 2.75) is 6.04 Å². The van der Waals surface area contributed by atoms with E-state index in [0.717, 1.165) is 4.47 Å². The molecule has 4 heteroatoms. The maximum atomic E-state index is 12.2. The van der Waals surface area contributed by atoms with E-state index in [0.29, 0.717) is 11.3 Å². The molecule has 0 saturated heterocycles. The second-order valence-electron chi connectivity index (χ2n) is 2.53. The summed E-state index contributed by atoms with van der Waals surface area (Å²) in [6.07, 6.45) is 0. The lowest BCUT2D eigenvalue weighted by molar-refractivity contribution is 0.437. The first kappa shape index (κ1) is 9.48. The molecule has 0 amide bonds. The van der Waals surface area contributed by atoms with Crippen LogP contribution in [0.3, 0.4) is 0 Å². The van der Waals surface area contributed by atoms with Crippen LogP contribution < -0.4 is 11.5 Å². The van der Waals surface area contributed by atoms with E-state index in [1.54, 1.807) is 18.2 Å². The Kier molecular flexibility index (Phi) is 3.05. The number of hydrogen-bond donors (Lipinski definition) is 2. The van der Waals surface area contributed by atoms with E-state index in [2.05, 4.69) is 15.9 Å². The van der Waals surface area contributed by atoms with Gasteiger partial charge in [-0.3, -0.25) is 0 Å². The van der Waals surface area contributed by atoms with Gasteiger partial charge in [0.05, 0.1) is 6.04 Å². The molecule has 66 valence electrons. The maximum absolute atomic E-state index is 12.2. The maximum Gasteiger partial charge on any atom is 0.109 e. The second kappa shape index (κ2) is 3.87. The molecule has 1 unspecified atom stereocenters. The van der Waals surface area contributed by atoms with Crippen molar-refractivity contribution in [2.75, 3.05) is 12.4 Å². The van der Waals surface area contributed by atoms with E-state index in [-0.39, 0.29) is 0 Å². The van der Waals surface area contributed by atoms with E-state index < -0.39 is 12.7 Å². The Morgan fingerprint density at radius 1 is 1.50 bits per heavy atom. The molecule has 1 atom stereocenters. The van der Waals surface area contributed by atoms with Gasteiger partial charge >= 0.3 is 0 Å². The fourth-order valence-electron chi connectivity index (χ4n) is 0.950. The third-order valence-corrected chi connectivity index (χ3v) is 2.11. The van der Waals surface area contributed by atoms with Crippen LogP contribution in [0.4, 0.5) is 10.1 Å². The normalized spacial score (nSPS) is 12.9. The van der Waals surface area contributed by atoms with Gasteiger partial charge in [0.15, 0.2) is 0 Å². The highest BCUT2D eigenvalue weighted by Gasteiger charge is 2.08. The van der Waals surface area contributed by atoms with Crippen LogP contribution in [0.5, 0.6) is 0 Å². The Bertz CT molecular complexity index is 278. The molecule has 0 saturated carbocycles. The minimum Gasteiger partial charge on any atom is -0.398 e. The Morgan fingerprint density at radius 3 is 2.75 bits per heavy atom. The lowest BCUT2D eigenvalue weighted by atomic mass is 10.1. The lowest BCUT2D eigenvalue weighted by Gasteiger charge is -2.10. The van der Waals surface area contributed by atoms with Gasteiger partial charge in [0.1, 0.15) is 6.67 Å². The highest BCUT2D eigenvalue weighted by atomic mass is 79.9. The third kappa shape index (κ3) is 1.95. The molecule has 1 aromatic carbocycles. The molecule has 12 heavy (non-hydrogen) atoms. The first-order chi connectivity index (χ1) is 5.65. The smallest absolute Gasteiger partial charge is 0.109 e. The minimum absolute atomic E-state index is 0.531. The van der Waals surface area contributed by atoms with Crippen LogP contribution in [0.25, 0.3) is 0 Å². The SMILES string of the molecule is Nc1ccc(Br)cc1C(N)CF. The van der Waals surface area contributed by atoms with Crippen molar-refractivity contribution >= 4 is 21.6 Å². The van der Waals surface area contributed by atoms with Crippen molar-refractivity contribution in [1.29, 1.82) is 0 Å². The summed E-state index contributed by atoms with van der Waals surface area (Å²) in [4.78, 5) is 0. The highest BCUT2D eigenvalue weighted by molar-refractivity contribution is 9.10. The molecule has 0 spiro atoms. The number of nitrogen functional groups attached to an aromatic ring is 1. The highest BCUT2D eigenvalue weighted by Crippen LogP contribution is 2.23. The molecule has 2 nitrogen and oxygen atoms in total. The second-order valence-corrected chi connectivity index (χ2v) is 3.45. The van der Waals surface area contributed by atoms with E-state index >= 15 is 0 Å².